The number of nitrogens with one attached hydrogen (secondary N) is 1. The van der Waals surface area contributed by atoms with E-state index >= 15 is 0 Å². The van der Waals surface area contributed by atoms with Crippen molar-refractivity contribution in [2.24, 2.45) is 5.92 Å². The first-order chi connectivity index (χ1) is 15.9. The molecule has 12 heteroatoms. The average Bonchev–Trinajstić information content (AvgIpc) is 3.02. The van der Waals surface area contributed by atoms with Crippen molar-refractivity contribution in [3.8, 4) is 0 Å². The van der Waals surface area contributed by atoms with Crippen LogP contribution in [0.4, 0.5) is 5.69 Å². The van der Waals surface area contributed by atoms with E-state index in [-0.39, 0.29) is 11.1 Å². The molecule has 34 heavy (non-hydrogen) atoms. The van der Waals surface area contributed by atoms with Crippen LogP contribution in [0.25, 0.3) is 0 Å². The molecule has 1 N–H and O–H groups in total. The van der Waals surface area contributed by atoms with Gasteiger partial charge in [-0.1, -0.05) is 25.4 Å². The molecule has 1 heterocycles. The lowest BCUT2D eigenvalue weighted by Gasteiger charge is -2.27. The summed E-state index contributed by atoms with van der Waals surface area (Å²) >= 11 is 19.4. The van der Waals surface area contributed by atoms with E-state index in [1.807, 2.05) is 0 Å². The molecule has 3 rings (SSSR count). The zero-order valence-electron chi connectivity index (χ0n) is 18.0. The lowest BCUT2D eigenvalue weighted by atomic mass is 10.0. The predicted octanol–water partition coefficient (Wildman–Crippen LogP) is 6.50. The van der Waals surface area contributed by atoms with Crippen molar-refractivity contribution in [2.45, 2.75) is 26.8 Å². The highest BCUT2D eigenvalue weighted by Gasteiger charge is 2.47. The molecule has 0 saturated heterocycles. The SMILES string of the molecule is Cc1cc(Cl)ccc1NC(=O)COC(=O)C(C(C)C)N1C(=O)c2c(Br)c(Br)c(Br)c(Br)c2C1=O. The molecule has 7 nitrogen and oxygen atoms in total. The minimum atomic E-state index is -1.23. The molecule has 1 aliphatic rings. The summed E-state index contributed by atoms with van der Waals surface area (Å²) in [5.74, 6) is -3.18. The Morgan fingerprint density at radius 2 is 1.53 bits per heavy atom. The van der Waals surface area contributed by atoms with Gasteiger partial charge in [0, 0.05) is 28.6 Å². The van der Waals surface area contributed by atoms with Crippen molar-refractivity contribution < 1.29 is 23.9 Å². The van der Waals surface area contributed by atoms with Crippen molar-refractivity contribution in [3.63, 3.8) is 0 Å². The largest absolute Gasteiger partial charge is 0.454 e. The maximum absolute atomic E-state index is 13.3. The van der Waals surface area contributed by atoms with Gasteiger partial charge in [-0.3, -0.25) is 19.3 Å². The van der Waals surface area contributed by atoms with Gasteiger partial charge in [-0.2, -0.15) is 0 Å². The second-order valence-electron chi connectivity index (χ2n) is 7.79. The van der Waals surface area contributed by atoms with Gasteiger partial charge < -0.3 is 10.1 Å². The van der Waals surface area contributed by atoms with E-state index in [0.29, 0.717) is 28.6 Å². The van der Waals surface area contributed by atoms with E-state index < -0.39 is 42.3 Å². The van der Waals surface area contributed by atoms with Crippen LogP contribution in [0.1, 0.15) is 40.1 Å². The minimum Gasteiger partial charge on any atom is -0.454 e. The molecule has 1 unspecified atom stereocenters. The van der Waals surface area contributed by atoms with Gasteiger partial charge in [-0.25, -0.2) is 4.79 Å². The Morgan fingerprint density at radius 1 is 1.00 bits per heavy atom. The predicted molar refractivity (Wildman–Crippen MR) is 142 cm³/mol. The quantitative estimate of drug-likeness (QED) is 0.158. The second kappa shape index (κ2) is 10.8. The molecule has 180 valence electrons. The molecule has 1 aliphatic heterocycles. The number of anilines is 1. The van der Waals surface area contributed by atoms with Crippen molar-refractivity contribution in [1.29, 1.82) is 0 Å². The van der Waals surface area contributed by atoms with Crippen LogP contribution >= 0.6 is 75.3 Å². The summed E-state index contributed by atoms with van der Waals surface area (Å²) in [6.07, 6.45) is 0. The third kappa shape index (κ3) is 5.13. The number of esters is 1. The Kier molecular flexibility index (Phi) is 8.66. The molecule has 2 aromatic carbocycles. The van der Waals surface area contributed by atoms with Crippen LogP contribution < -0.4 is 5.32 Å². The number of hydrogen-bond acceptors (Lipinski definition) is 5. The third-order valence-corrected chi connectivity index (χ3v) is 10.1. The molecule has 2 aromatic rings. The van der Waals surface area contributed by atoms with E-state index in [1.165, 1.54) is 0 Å². The van der Waals surface area contributed by atoms with Gasteiger partial charge in [0.25, 0.3) is 17.7 Å². The second-order valence-corrected chi connectivity index (χ2v) is 11.4. The molecule has 3 amide bonds. The first kappa shape index (κ1) is 27.3. The number of nitrogens with zero attached hydrogens (tertiary/aromatic N) is 1. The molecule has 0 saturated carbocycles. The summed E-state index contributed by atoms with van der Waals surface area (Å²) in [5, 5.41) is 3.17. The van der Waals surface area contributed by atoms with E-state index in [4.69, 9.17) is 16.3 Å². The number of ether oxygens (including phenoxy) is 1. The van der Waals surface area contributed by atoms with Crippen LogP contribution in [0.3, 0.4) is 0 Å². The summed E-state index contributed by atoms with van der Waals surface area (Å²) in [7, 11) is 0. The molecule has 0 fully saturated rings. The zero-order chi connectivity index (χ0) is 25.5. The highest BCUT2D eigenvalue weighted by Crippen LogP contribution is 2.46. The first-order valence-electron chi connectivity index (χ1n) is 9.83. The van der Waals surface area contributed by atoms with E-state index in [1.54, 1.807) is 39.0 Å². The van der Waals surface area contributed by atoms with Crippen molar-refractivity contribution in [3.05, 3.63) is 57.8 Å². The number of rotatable bonds is 6. The third-order valence-electron chi connectivity index (χ3n) is 5.09. The topological polar surface area (TPSA) is 92.8 Å². The highest BCUT2D eigenvalue weighted by molar-refractivity contribution is 9.15. The smallest absolute Gasteiger partial charge is 0.330 e. The molecular formula is C22H17Br4ClN2O5. The number of halogens is 5. The summed E-state index contributed by atoms with van der Waals surface area (Å²) in [6, 6.07) is 3.72. The fourth-order valence-electron chi connectivity index (χ4n) is 3.47. The lowest BCUT2D eigenvalue weighted by molar-refractivity contribution is -0.152. The van der Waals surface area contributed by atoms with Gasteiger partial charge in [0.2, 0.25) is 0 Å². The van der Waals surface area contributed by atoms with E-state index in [2.05, 4.69) is 69.0 Å². The van der Waals surface area contributed by atoms with Crippen molar-refractivity contribution in [1.82, 2.24) is 4.90 Å². The Bertz CT molecular complexity index is 1190. The molecule has 0 bridgehead atoms. The minimum absolute atomic E-state index is 0.126. The fourth-order valence-corrected chi connectivity index (χ4v) is 6.15. The molecule has 0 aromatic heterocycles. The molecule has 0 radical (unpaired) electrons. The van der Waals surface area contributed by atoms with Gasteiger partial charge in [-0.05, 0) is 100 Å². The van der Waals surface area contributed by atoms with E-state index in [9.17, 15) is 19.2 Å². The van der Waals surface area contributed by atoms with Crippen molar-refractivity contribution in [2.75, 3.05) is 11.9 Å². The summed E-state index contributed by atoms with van der Waals surface area (Å²) in [6.45, 7) is 4.56. The number of fused-ring (bicyclic) bond motifs is 1. The number of aryl methyl sites for hydroxylation is 1. The Morgan fingerprint density at radius 3 is 2.00 bits per heavy atom. The van der Waals surface area contributed by atoms with Gasteiger partial charge in [0.1, 0.15) is 6.04 Å². The zero-order valence-corrected chi connectivity index (χ0v) is 25.1. The monoisotopic (exact) mass is 740 g/mol. The number of benzene rings is 2. The Balaban J connectivity index is 1.81. The highest BCUT2D eigenvalue weighted by atomic mass is 79.9. The number of carbonyl (C=O) groups excluding carboxylic acids is 4. The first-order valence-corrected chi connectivity index (χ1v) is 13.4. The summed E-state index contributed by atoms with van der Waals surface area (Å²) < 4.78 is 7.06. The van der Waals surface area contributed by atoms with Crippen LogP contribution in [-0.2, 0) is 14.3 Å². The normalized spacial score (nSPS) is 13.9. The summed E-state index contributed by atoms with van der Waals surface area (Å²) in [5.41, 5.74) is 1.52. The Labute approximate surface area is 234 Å². The number of imide groups is 1. The van der Waals surface area contributed by atoms with Gasteiger partial charge in [0.15, 0.2) is 6.61 Å². The summed E-state index contributed by atoms with van der Waals surface area (Å²) in [4.78, 5) is 52.7. The van der Waals surface area contributed by atoms with Crippen LogP contribution in [0.2, 0.25) is 5.02 Å². The molecule has 0 aliphatic carbocycles. The van der Waals surface area contributed by atoms with Crippen LogP contribution in [0, 0.1) is 12.8 Å². The standard InChI is InChI=1S/C22H17Br4ClN2O5/c1-8(2)19(22(33)34-7-12(30)28-11-5-4-10(27)6-9(11)3)29-20(31)13-14(21(29)32)16(24)18(26)17(25)15(13)23/h4-6,8,19H,7H2,1-3H3,(H,28,30). The average molecular weight is 744 g/mol. The maximum Gasteiger partial charge on any atom is 0.330 e. The molecule has 1 atom stereocenters. The van der Waals surface area contributed by atoms with Crippen LogP contribution in [-0.4, -0.2) is 41.2 Å². The van der Waals surface area contributed by atoms with Gasteiger partial charge in [0.05, 0.1) is 11.1 Å². The maximum atomic E-state index is 13.3. The van der Waals surface area contributed by atoms with E-state index in [0.717, 1.165) is 10.5 Å². The Hall–Kier alpha value is -1.27. The molecule has 0 spiro atoms. The van der Waals surface area contributed by atoms with Gasteiger partial charge >= 0.3 is 5.97 Å². The lowest BCUT2D eigenvalue weighted by Crippen LogP contribution is -2.49. The fraction of sp³-hybridized carbons (Fsp3) is 0.273. The number of carbonyl (C=O) groups is 4. The number of amides is 3. The van der Waals surface area contributed by atoms with Crippen molar-refractivity contribution >= 4 is 105 Å². The molecular weight excluding hydrogens is 727 g/mol. The number of hydrogen-bond donors (Lipinski definition) is 1. The van der Waals surface area contributed by atoms with Crippen LogP contribution in [0.15, 0.2) is 36.1 Å². The van der Waals surface area contributed by atoms with Crippen LogP contribution in [0.5, 0.6) is 0 Å². The van der Waals surface area contributed by atoms with Gasteiger partial charge in [-0.15, -0.1) is 0 Å².